The quantitative estimate of drug-likeness (QED) is 0.689. The number of aromatic nitrogens is 3. The van der Waals surface area contributed by atoms with Gasteiger partial charge in [0, 0.05) is 5.56 Å². The first-order valence-electron chi connectivity index (χ1n) is 5.88. The van der Waals surface area contributed by atoms with Crippen molar-refractivity contribution in [3.63, 3.8) is 0 Å². The lowest BCUT2D eigenvalue weighted by molar-refractivity contribution is 0.112. The van der Waals surface area contributed by atoms with E-state index in [9.17, 15) is 13.6 Å². The Hall–Kier alpha value is -2.63. The van der Waals surface area contributed by atoms with E-state index in [4.69, 9.17) is 0 Å². The molecule has 3 rings (SSSR count). The SMILES string of the molecule is O=Cc1cnn2c(C(F)F)cc(-c3ccccc3)nc12. The Morgan fingerprint density at radius 3 is 2.60 bits per heavy atom. The van der Waals surface area contributed by atoms with E-state index in [1.54, 1.807) is 24.3 Å². The van der Waals surface area contributed by atoms with Crippen molar-refractivity contribution in [3.05, 3.63) is 53.9 Å². The highest BCUT2D eigenvalue weighted by molar-refractivity contribution is 5.84. The molecule has 0 amide bonds. The van der Waals surface area contributed by atoms with E-state index in [0.717, 1.165) is 4.52 Å². The van der Waals surface area contributed by atoms with Gasteiger partial charge in [-0.05, 0) is 6.07 Å². The van der Waals surface area contributed by atoms with Gasteiger partial charge < -0.3 is 0 Å². The fourth-order valence-electron chi connectivity index (χ4n) is 2.00. The molecule has 6 heteroatoms. The Morgan fingerprint density at radius 2 is 1.95 bits per heavy atom. The molecular formula is C14H9F2N3O. The predicted molar refractivity (Wildman–Crippen MR) is 68.8 cm³/mol. The fraction of sp³-hybridized carbons (Fsp3) is 0.0714. The van der Waals surface area contributed by atoms with Crippen molar-refractivity contribution in [3.8, 4) is 11.3 Å². The van der Waals surface area contributed by atoms with Gasteiger partial charge in [-0.3, -0.25) is 4.79 Å². The van der Waals surface area contributed by atoms with Crippen LogP contribution in [0.15, 0.2) is 42.6 Å². The maximum Gasteiger partial charge on any atom is 0.280 e. The third-order valence-electron chi connectivity index (χ3n) is 2.95. The van der Waals surface area contributed by atoms with Crippen LogP contribution in [-0.4, -0.2) is 20.9 Å². The highest BCUT2D eigenvalue weighted by Crippen LogP contribution is 2.26. The summed E-state index contributed by atoms with van der Waals surface area (Å²) in [5.41, 5.74) is 1.12. The Morgan fingerprint density at radius 1 is 1.20 bits per heavy atom. The molecule has 1 aromatic carbocycles. The lowest BCUT2D eigenvalue weighted by atomic mass is 10.1. The van der Waals surface area contributed by atoms with E-state index in [0.29, 0.717) is 17.5 Å². The molecule has 3 aromatic rings. The molecular weight excluding hydrogens is 264 g/mol. The van der Waals surface area contributed by atoms with Crippen LogP contribution in [0.4, 0.5) is 8.78 Å². The molecule has 4 nitrogen and oxygen atoms in total. The predicted octanol–water partition coefficient (Wildman–Crippen LogP) is 3.15. The van der Waals surface area contributed by atoms with Gasteiger partial charge in [0.15, 0.2) is 11.9 Å². The number of carbonyl (C=O) groups excluding carboxylic acids is 1. The van der Waals surface area contributed by atoms with Crippen LogP contribution in [0.2, 0.25) is 0 Å². The molecule has 0 unspecified atom stereocenters. The van der Waals surface area contributed by atoms with Crippen molar-refractivity contribution < 1.29 is 13.6 Å². The van der Waals surface area contributed by atoms with Gasteiger partial charge in [0.25, 0.3) is 6.43 Å². The smallest absolute Gasteiger partial charge is 0.280 e. The van der Waals surface area contributed by atoms with E-state index < -0.39 is 6.43 Å². The molecule has 0 aliphatic carbocycles. The maximum atomic E-state index is 13.1. The second kappa shape index (κ2) is 4.80. The molecule has 0 spiro atoms. The highest BCUT2D eigenvalue weighted by atomic mass is 19.3. The number of hydrogen-bond donors (Lipinski definition) is 0. The molecule has 0 saturated carbocycles. The van der Waals surface area contributed by atoms with E-state index in [-0.39, 0.29) is 16.9 Å². The molecule has 0 saturated heterocycles. The number of alkyl halides is 2. The molecule has 0 N–H and O–H groups in total. The molecule has 0 aliphatic heterocycles. The molecule has 0 atom stereocenters. The largest absolute Gasteiger partial charge is 0.298 e. The van der Waals surface area contributed by atoms with Gasteiger partial charge in [0.2, 0.25) is 0 Å². The Balaban J connectivity index is 2.31. The summed E-state index contributed by atoms with van der Waals surface area (Å²) in [4.78, 5) is 15.2. The van der Waals surface area contributed by atoms with Crippen molar-refractivity contribution in [1.82, 2.24) is 14.6 Å². The van der Waals surface area contributed by atoms with Crippen molar-refractivity contribution in [1.29, 1.82) is 0 Å². The summed E-state index contributed by atoms with van der Waals surface area (Å²) >= 11 is 0. The molecule has 100 valence electrons. The maximum absolute atomic E-state index is 13.1. The first kappa shape index (κ1) is 12.4. The van der Waals surface area contributed by atoms with Crippen molar-refractivity contribution in [2.24, 2.45) is 0 Å². The minimum atomic E-state index is -2.71. The summed E-state index contributed by atoms with van der Waals surface area (Å²) in [5.74, 6) is 0. The van der Waals surface area contributed by atoms with Gasteiger partial charge in [-0.15, -0.1) is 0 Å². The summed E-state index contributed by atoms with van der Waals surface area (Å²) in [5, 5.41) is 3.79. The third-order valence-corrected chi connectivity index (χ3v) is 2.95. The van der Waals surface area contributed by atoms with Crippen LogP contribution >= 0.6 is 0 Å². The van der Waals surface area contributed by atoms with Crippen molar-refractivity contribution in [2.75, 3.05) is 0 Å². The Kier molecular flexibility index (Phi) is 2.98. The number of aldehydes is 1. The highest BCUT2D eigenvalue weighted by Gasteiger charge is 2.18. The lowest BCUT2D eigenvalue weighted by Crippen LogP contribution is -2.03. The first-order valence-corrected chi connectivity index (χ1v) is 5.88. The van der Waals surface area contributed by atoms with E-state index in [1.165, 1.54) is 12.3 Å². The van der Waals surface area contributed by atoms with Crippen LogP contribution in [0, 0.1) is 0 Å². The van der Waals surface area contributed by atoms with E-state index in [1.807, 2.05) is 6.07 Å². The van der Waals surface area contributed by atoms with Crippen molar-refractivity contribution in [2.45, 2.75) is 6.43 Å². The van der Waals surface area contributed by atoms with Crippen LogP contribution in [-0.2, 0) is 0 Å². The normalized spacial score (nSPS) is 11.2. The fourth-order valence-corrected chi connectivity index (χ4v) is 2.00. The van der Waals surface area contributed by atoms with Crippen LogP contribution in [0.5, 0.6) is 0 Å². The minimum absolute atomic E-state index is 0.136. The summed E-state index contributed by atoms with van der Waals surface area (Å²) in [6, 6.07) is 10.2. The van der Waals surface area contributed by atoms with Crippen molar-refractivity contribution >= 4 is 11.9 Å². The first-order chi connectivity index (χ1) is 9.70. The summed E-state index contributed by atoms with van der Waals surface area (Å²) in [7, 11) is 0. The summed E-state index contributed by atoms with van der Waals surface area (Å²) < 4.78 is 27.3. The van der Waals surface area contributed by atoms with Gasteiger partial charge in [-0.25, -0.2) is 18.3 Å². The van der Waals surface area contributed by atoms with Gasteiger partial charge >= 0.3 is 0 Å². The standard InChI is InChI=1S/C14H9F2N3O/c15-13(16)12-6-11(9-4-2-1-3-5-9)18-14-10(8-20)7-17-19(12)14/h1-8,13H. The Bertz CT molecular complexity index is 769. The van der Waals surface area contributed by atoms with Gasteiger partial charge in [0.1, 0.15) is 5.69 Å². The van der Waals surface area contributed by atoms with Crippen LogP contribution in [0.3, 0.4) is 0 Å². The lowest BCUT2D eigenvalue weighted by Gasteiger charge is -2.07. The Labute approximate surface area is 112 Å². The summed E-state index contributed by atoms with van der Waals surface area (Å²) in [6.45, 7) is 0. The van der Waals surface area contributed by atoms with E-state index in [2.05, 4.69) is 10.1 Å². The topological polar surface area (TPSA) is 47.3 Å². The van der Waals surface area contributed by atoms with Crippen LogP contribution in [0.25, 0.3) is 16.9 Å². The molecule has 0 radical (unpaired) electrons. The van der Waals surface area contributed by atoms with Crippen LogP contribution in [0.1, 0.15) is 22.5 Å². The average Bonchev–Trinajstić information content (AvgIpc) is 2.89. The number of halogens is 2. The number of hydrogen-bond acceptors (Lipinski definition) is 3. The molecule has 0 fully saturated rings. The average molecular weight is 273 g/mol. The van der Waals surface area contributed by atoms with Crippen LogP contribution < -0.4 is 0 Å². The minimum Gasteiger partial charge on any atom is -0.298 e. The monoisotopic (exact) mass is 273 g/mol. The molecule has 2 heterocycles. The zero-order chi connectivity index (χ0) is 14.1. The second-order valence-corrected chi connectivity index (χ2v) is 4.19. The number of nitrogens with zero attached hydrogens (tertiary/aromatic N) is 3. The molecule has 20 heavy (non-hydrogen) atoms. The van der Waals surface area contributed by atoms with Gasteiger partial charge in [0.05, 0.1) is 17.5 Å². The molecule has 0 bridgehead atoms. The number of benzene rings is 1. The van der Waals surface area contributed by atoms with E-state index >= 15 is 0 Å². The van der Waals surface area contributed by atoms with Gasteiger partial charge in [-0.1, -0.05) is 30.3 Å². The second-order valence-electron chi connectivity index (χ2n) is 4.19. The molecule has 2 aromatic heterocycles. The third kappa shape index (κ3) is 1.95. The zero-order valence-electron chi connectivity index (χ0n) is 10.2. The number of carbonyl (C=O) groups is 1. The molecule has 0 aliphatic rings. The summed E-state index contributed by atoms with van der Waals surface area (Å²) in [6.07, 6.45) is -0.919. The number of rotatable bonds is 3. The zero-order valence-corrected chi connectivity index (χ0v) is 10.2. The number of fused-ring (bicyclic) bond motifs is 1. The van der Waals surface area contributed by atoms with Gasteiger partial charge in [-0.2, -0.15) is 5.10 Å².